The molecule has 0 aliphatic rings. The molecular weight excluding hydrogens is 312 g/mol. The molecule has 20 heavy (non-hydrogen) atoms. The van der Waals surface area contributed by atoms with E-state index < -0.39 is 0 Å². The SMILES string of the molecule is COc1ccc(C(Br)Cc2ccc(C)c(C)c2)c(C)c1. The molecule has 106 valence electrons. The van der Waals surface area contributed by atoms with Gasteiger partial charge in [-0.05, 0) is 67.1 Å². The van der Waals surface area contributed by atoms with E-state index >= 15 is 0 Å². The highest BCUT2D eigenvalue weighted by atomic mass is 79.9. The molecule has 0 aliphatic carbocycles. The zero-order valence-corrected chi connectivity index (χ0v) is 14.1. The predicted molar refractivity (Wildman–Crippen MR) is 89.0 cm³/mol. The Labute approximate surface area is 130 Å². The van der Waals surface area contributed by atoms with Gasteiger partial charge in [0, 0.05) is 4.83 Å². The molecule has 0 fully saturated rings. The van der Waals surface area contributed by atoms with Crippen molar-refractivity contribution in [2.45, 2.75) is 32.0 Å². The van der Waals surface area contributed by atoms with E-state index in [1.165, 1.54) is 27.8 Å². The Hall–Kier alpha value is -1.28. The molecular formula is C18H21BrO. The summed E-state index contributed by atoms with van der Waals surface area (Å²) >= 11 is 3.82. The number of aryl methyl sites for hydroxylation is 3. The fourth-order valence-electron chi connectivity index (χ4n) is 2.37. The lowest BCUT2D eigenvalue weighted by atomic mass is 9.98. The maximum absolute atomic E-state index is 5.26. The molecule has 1 nitrogen and oxygen atoms in total. The Balaban J connectivity index is 2.19. The van der Waals surface area contributed by atoms with Gasteiger partial charge in [0.05, 0.1) is 7.11 Å². The molecule has 0 saturated carbocycles. The average molecular weight is 333 g/mol. The van der Waals surface area contributed by atoms with Crippen molar-refractivity contribution in [3.8, 4) is 5.75 Å². The van der Waals surface area contributed by atoms with Crippen LogP contribution in [0, 0.1) is 20.8 Å². The summed E-state index contributed by atoms with van der Waals surface area (Å²) in [7, 11) is 1.70. The number of rotatable bonds is 4. The Morgan fingerprint density at radius 3 is 2.30 bits per heavy atom. The highest BCUT2D eigenvalue weighted by molar-refractivity contribution is 9.09. The third-order valence-electron chi connectivity index (χ3n) is 3.80. The molecule has 1 atom stereocenters. The Morgan fingerprint density at radius 1 is 0.950 bits per heavy atom. The van der Waals surface area contributed by atoms with Crippen molar-refractivity contribution in [1.82, 2.24) is 0 Å². The first-order valence-corrected chi connectivity index (χ1v) is 7.77. The van der Waals surface area contributed by atoms with E-state index in [-0.39, 0.29) is 0 Å². The zero-order chi connectivity index (χ0) is 14.7. The van der Waals surface area contributed by atoms with Crippen LogP contribution in [-0.4, -0.2) is 7.11 Å². The largest absolute Gasteiger partial charge is 0.497 e. The van der Waals surface area contributed by atoms with Crippen LogP contribution < -0.4 is 4.74 Å². The Bertz CT molecular complexity index is 604. The van der Waals surface area contributed by atoms with Crippen LogP contribution >= 0.6 is 15.9 Å². The summed E-state index contributed by atoms with van der Waals surface area (Å²) in [5.74, 6) is 0.914. The molecule has 2 rings (SSSR count). The van der Waals surface area contributed by atoms with Gasteiger partial charge in [0.15, 0.2) is 0 Å². The number of ether oxygens (including phenoxy) is 1. The van der Waals surface area contributed by atoms with Crippen LogP contribution in [0.5, 0.6) is 5.75 Å². The Kier molecular flexibility index (Phi) is 4.87. The molecule has 0 saturated heterocycles. The molecule has 2 aromatic carbocycles. The molecule has 2 heteroatoms. The summed E-state index contributed by atoms with van der Waals surface area (Å²) in [5, 5.41) is 0. The molecule has 0 heterocycles. The first-order valence-electron chi connectivity index (χ1n) is 6.86. The molecule has 2 aromatic rings. The molecule has 0 aromatic heterocycles. The minimum Gasteiger partial charge on any atom is -0.497 e. The number of hydrogen-bond acceptors (Lipinski definition) is 1. The van der Waals surface area contributed by atoms with Gasteiger partial charge in [-0.2, -0.15) is 0 Å². The van der Waals surface area contributed by atoms with Gasteiger partial charge in [0.1, 0.15) is 5.75 Å². The lowest BCUT2D eigenvalue weighted by molar-refractivity contribution is 0.414. The monoisotopic (exact) mass is 332 g/mol. The van der Waals surface area contributed by atoms with Gasteiger partial charge >= 0.3 is 0 Å². The minimum absolute atomic E-state index is 0.329. The van der Waals surface area contributed by atoms with E-state index in [0.717, 1.165) is 12.2 Å². The molecule has 1 unspecified atom stereocenters. The molecule has 0 bridgehead atoms. The van der Waals surface area contributed by atoms with Gasteiger partial charge in [0.2, 0.25) is 0 Å². The second-order valence-electron chi connectivity index (χ2n) is 5.31. The smallest absolute Gasteiger partial charge is 0.119 e. The summed E-state index contributed by atoms with van der Waals surface area (Å²) in [6, 6.07) is 13.0. The van der Waals surface area contributed by atoms with Gasteiger partial charge in [0.25, 0.3) is 0 Å². The lowest BCUT2D eigenvalue weighted by Gasteiger charge is -2.15. The molecule has 0 spiro atoms. The van der Waals surface area contributed by atoms with Crippen LogP contribution in [0.2, 0.25) is 0 Å². The second-order valence-corrected chi connectivity index (χ2v) is 6.42. The molecule has 0 amide bonds. The maximum Gasteiger partial charge on any atom is 0.119 e. The fourth-order valence-corrected chi connectivity index (χ4v) is 3.26. The summed E-state index contributed by atoms with van der Waals surface area (Å²) in [6.45, 7) is 6.45. The van der Waals surface area contributed by atoms with Crippen molar-refractivity contribution in [3.63, 3.8) is 0 Å². The number of methoxy groups -OCH3 is 1. The van der Waals surface area contributed by atoms with Crippen LogP contribution in [0.3, 0.4) is 0 Å². The summed E-state index contributed by atoms with van der Waals surface area (Å²) in [4.78, 5) is 0.329. The van der Waals surface area contributed by atoms with Crippen molar-refractivity contribution < 1.29 is 4.74 Å². The minimum atomic E-state index is 0.329. The van der Waals surface area contributed by atoms with Crippen LogP contribution in [-0.2, 0) is 6.42 Å². The third kappa shape index (κ3) is 3.43. The van der Waals surface area contributed by atoms with Gasteiger partial charge in [-0.1, -0.05) is 40.2 Å². The summed E-state index contributed by atoms with van der Waals surface area (Å²) in [6.07, 6.45) is 0.994. The lowest BCUT2D eigenvalue weighted by Crippen LogP contribution is -1.99. The van der Waals surface area contributed by atoms with Crippen LogP contribution in [0.15, 0.2) is 36.4 Å². The number of alkyl halides is 1. The van der Waals surface area contributed by atoms with Gasteiger partial charge < -0.3 is 4.74 Å². The normalized spacial score (nSPS) is 12.2. The van der Waals surface area contributed by atoms with Gasteiger partial charge in [-0.15, -0.1) is 0 Å². The van der Waals surface area contributed by atoms with Crippen molar-refractivity contribution in [1.29, 1.82) is 0 Å². The molecule has 0 radical (unpaired) electrons. The van der Waals surface area contributed by atoms with E-state index in [2.05, 4.69) is 67.0 Å². The number of hydrogen-bond donors (Lipinski definition) is 0. The van der Waals surface area contributed by atoms with E-state index in [1.54, 1.807) is 7.11 Å². The standard InChI is InChI=1S/C18H21BrO/c1-12-5-6-15(9-13(12)2)11-18(19)17-8-7-16(20-4)10-14(17)3/h5-10,18H,11H2,1-4H3. The predicted octanol–water partition coefficient (Wildman–Crippen LogP) is 5.30. The van der Waals surface area contributed by atoms with Crippen LogP contribution in [0.4, 0.5) is 0 Å². The average Bonchev–Trinajstić information content (AvgIpc) is 2.42. The van der Waals surface area contributed by atoms with Crippen LogP contribution in [0.25, 0.3) is 0 Å². The summed E-state index contributed by atoms with van der Waals surface area (Å²) in [5.41, 5.74) is 6.65. The van der Waals surface area contributed by atoms with Gasteiger partial charge in [-0.3, -0.25) is 0 Å². The highest BCUT2D eigenvalue weighted by Crippen LogP contribution is 2.31. The van der Waals surface area contributed by atoms with Crippen LogP contribution in [0.1, 0.15) is 32.6 Å². The summed E-state index contributed by atoms with van der Waals surface area (Å²) < 4.78 is 5.26. The highest BCUT2D eigenvalue weighted by Gasteiger charge is 2.12. The zero-order valence-electron chi connectivity index (χ0n) is 12.5. The third-order valence-corrected chi connectivity index (χ3v) is 4.62. The van der Waals surface area contributed by atoms with E-state index in [9.17, 15) is 0 Å². The fraction of sp³-hybridized carbons (Fsp3) is 0.333. The van der Waals surface area contributed by atoms with Crippen molar-refractivity contribution >= 4 is 15.9 Å². The van der Waals surface area contributed by atoms with E-state index in [0.29, 0.717) is 4.83 Å². The van der Waals surface area contributed by atoms with Gasteiger partial charge in [-0.25, -0.2) is 0 Å². The second kappa shape index (κ2) is 6.45. The number of benzene rings is 2. The first-order chi connectivity index (χ1) is 9.51. The molecule has 0 aliphatic heterocycles. The first kappa shape index (κ1) is 15.1. The topological polar surface area (TPSA) is 9.23 Å². The van der Waals surface area contributed by atoms with Crippen molar-refractivity contribution in [2.75, 3.05) is 7.11 Å². The van der Waals surface area contributed by atoms with E-state index in [1.807, 2.05) is 6.07 Å². The number of halogens is 1. The van der Waals surface area contributed by atoms with Crippen molar-refractivity contribution in [2.24, 2.45) is 0 Å². The quantitative estimate of drug-likeness (QED) is 0.690. The molecule has 0 N–H and O–H groups in total. The van der Waals surface area contributed by atoms with Crippen molar-refractivity contribution in [3.05, 3.63) is 64.2 Å². The van der Waals surface area contributed by atoms with E-state index in [4.69, 9.17) is 4.74 Å². The maximum atomic E-state index is 5.26. The Morgan fingerprint density at radius 2 is 1.70 bits per heavy atom.